The normalized spacial score (nSPS) is 18.4. The van der Waals surface area contributed by atoms with E-state index in [1.54, 1.807) is 7.11 Å². The van der Waals surface area contributed by atoms with Gasteiger partial charge in [-0.05, 0) is 54.7 Å². The molecule has 0 bridgehead atoms. The van der Waals surface area contributed by atoms with Crippen LogP contribution in [0.4, 0.5) is 0 Å². The minimum Gasteiger partial charge on any atom is -0.497 e. The van der Waals surface area contributed by atoms with E-state index in [0.29, 0.717) is 0 Å². The second kappa shape index (κ2) is 5.13. The van der Waals surface area contributed by atoms with Crippen LogP contribution >= 0.6 is 11.6 Å². The lowest BCUT2D eigenvalue weighted by atomic mass is 9.83. The fourth-order valence-electron chi connectivity index (χ4n) is 3.46. The number of hydrogen-bond donors (Lipinski definition) is 0. The Morgan fingerprint density at radius 1 is 1.09 bits per heavy atom. The van der Waals surface area contributed by atoms with E-state index in [0.717, 1.165) is 36.6 Å². The van der Waals surface area contributed by atoms with Gasteiger partial charge in [-0.2, -0.15) is 0 Å². The lowest BCUT2D eigenvalue weighted by Crippen LogP contribution is -2.26. The van der Waals surface area contributed by atoms with Crippen LogP contribution in [0.15, 0.2) is 47.5 Å². The Labute approximate surface area is 135 Å². The molecular formula is C19H18ClNO. The number of rotatable bonds is 3. The molecule has 2 nitrogen and oxygen atoms in total. The Morgan fingerprint density at radius 3 is 2.55 bits per heavy atom. The van der Waals surface area contributed by atoms with Crippen molar-refractivity contribution < 1.29 is 4.74 Å². The molecule has 0 N–H and O–H groups in total. The lowest BCUT2D eigenvalue weighted by Gasteiger charge is -2.25. The molecule has 1 aliphatic carbocycles. The molecule has 1 heterocycles. The number of fused-ring (bicyclic) bond motifs is 1. The summed E-state index contributed by atoms with van der Waals surface area (Å²) in [6.45, 7) is 0.879. The van der Waals surface area contributed by atoms with Crippen molar-refractivity contribution in [2.75, 3.05) is 13.7 Å². The second-order valence-electron chi connectivity index (χ2n) is 6.09. The molecule has 1 saturated carbocycles. The van der Waals surface area contributed by atoms with Crippen molar-refractivity contribution in [2.45, 2.75) is 24.7 Å². The summed E-state index contributed by atoms with van der Waals surface area (Å²) in [7, 11) is 1.72. The van der Waals surface area contributed by atoms with Crippen molar-refractivity contribution >= 4 is 17.3 Å². The zero-order valence-electron chi connectivity index (χ0n) is 12.6. The highest BCUT2D eigenvalue weighted by Crippen LogP contribution is 2.52. The lowest BCUT2D eigenvalue weighted by molar-refractivity contribution is 0.414. The first kappa shape index (κ1) is 13.8. The van der Waals surface area contributed by atoms with Crippen molar-refractivity contribution in [1.29, 1.82) is 0 Å². The average Bonchev–Trinajstić information content (AvgIpc) is 3.36. The van der Waals surface area contributed by atoms with Crippen LogP contribution in [-0.4, -0.2) is 19.4 Å². The van der Waals surface area contributed by atoms with Crippen molar-refractivity contribution in [3.05, 3.63) is 64.2 Å². The molecule has 22 heavy (non-hydrogen) atoms. The summed E-state index contributed by atoms with van der Waals surface area (Å²) >= 11 is 6.04. The van der Waals surface area contributed by atoms with Gasteiger partial charge < -0.3 is 4.74 Å². The monoisotopic (exact) mass is 311 g/mol. The molecule has 0 amide bonds. The number of ether oxygens (including phenoxy) is 1. The molecule has 0 atom stereocenters. The van der Waals surface area contributed by atoms with Gasteiger partial charge in [0, 0.05) is 22.5 Å². The number of methoxy groups -OCH3 is 1. The van der Waals surface area contributed by atoms with E-state index < -0.39 is 0 Å². The van der Waals surface area contributed by atoms with E-state index in [4.69, 9.17) is 21.3 Å². The highest BCUT2D eigenvalue weighted by atomic mass is 35.5. The van der Waals surface area contributed by atoms with Gasteiger partial charge in [-0.25, -0.2) is 0 Å². The number of benzene rings is 2. The number of aliphatic imine (C=N–C) groups is 1. The van der Waals surface area contributed by atoms with Crippen LogP contribution in [0.1, 0.15) is 29.5 Å². The summed E-state index contributed by atoms with van der Waals surface area (Å²) in [6.07, 6.45) is 3.33. The summed E-state index contributed by atoms with van der Waals surface area (Å²) in [6, 6.07) is 14.6. The van der Waals surface area contributed by atoms with E-state index >= 15 is 0 Å². The first-order valence-electron chi connectivity index (χ1n) is 7.71. The van der Waals surface area contributed by atoms with Crippen molar-refractivity contribution in [2.24, 2.45) is 4.99 Å². The van der Waals surface area contributed by atoms with Crippen LogP contribution in [0.5, 0.6) is 5.75 Å². The summed E-state index contributed by atoms with van der Waals surface area (Å²) in [5, 5.41) is 0.784. The van der Waals surface area contributed by atoms with E-state index in [-0.39, 0.29) is 5.41 Å². The standard InChI is InChI=1S/C19H18ClNO/c1-22-16-7-2-13-8-11-21-18(17(13)12-16)19(9-10-19)14-3-5-15(20)6-4-14/h2-7,12H,8-11H2,1H3. The molecule has 2 aliphatic rings. The first-order chi connectivity index (χ1) is 10.7. The topological polar surface area (TPSA) is 21.6 Å². The molecule has 112 valence electrons. The molecular weight excluding hydrogens is 294 g/mol. The minimum absolute atomic E-state index is 0.0755. The largest absolute Gasteiger partial charge is 0.497 e. The molecule has 4 rings (SSSR count). The third kappa shape index (κ3) is 2.14. The Hall–Kier alpha value is -1.80. The minimum atomic E-state index is 0.0755. The summed E-state index contributed by atoms with van der Waals surface area (Å²) in [5.74, 6) is 0.903. The maximum Gasteiger partial charge on any atom is 0.119 e. The van der Waals surface area contributed by atoms with Gasteiger partial charge in [-0.3, -0.25) is 4.99 Å². The maximum atomic E-state index is 6.04. The predicted molar refractivity (Wildman–Crippen MR) is 90.5 cm³/mol. The van der Waals surface area contributed by atoms with Gasteiger partial charge in [-0.15, -0.1) is 0 Å². The molecule has 2 aromatic rings. The average molecular weight is 312 g/mol. The zero-order chi connectivity index (χ0) is 15.2. The highest BCUT2D eigenvalue weighted by Gasteiger charge is 2.50. The summed E-state index contributed by atoms with van der Waals surface area (Å²) in [5.41, 5.74) is 5.27. The Morgan fingerprint density at radius 2 is 1.86 bits per heavy atom. The van der Waals surface area contributed by atoms with Gasteiger partial charge in [0.1, 0.15) is 5.75 Å². The summed E-state index contributed by atoms with van der Waals surface area (Å²) < 4.78 is 5.41. The fraction of sp³-hybridized carbons (Fsp3) is 0.316. The molecule has 1 aliphatic heterocycles. The smallest absolute Gasteiger partial charge is 0.119 e. The van der Waals surface area contributed by atoms with Crippen LogP contribution in [0, 0.1) is 0 Å². The van der Waals surface area contributed by atoms with Crippen molar-refractivity contribution in [3.63, 3.8) is 0 Å². The van der Waals surface area contributed by atoms with Gasteiger partial charge in [0.2, 0.25) is 0 Å². The Bertz CT molecular complexity index is 745. The Kier molecular flexibility index (Phi) is 3.23. The maximum absolute atomic E-state index is 6.04. The number of hydrogen-bond acceptors (Lipinski definition) is 2. The van der Waals surface area contributed by atoms with Crippen molar-refractivity contribution in [3.8, 4) is 5.75 Å². The highest BCUT2D eigenvalue weighted by molar-refractivity contribution is 6.30. The molecule has 1 fully saturated rings. The van der Waals surface area contributed by atoms with Gasteiger partial charge >= 0.3 is 0 Å². The van der Waals surface area contributed by atoms with Gasteiger partial charge in [0.05, 0.1) is 12.8 Å². The van der Waals surface area contributed by atoms with Crippen LogP contribution < -0.4 is 4.74 Å². The van der Waals surface area contributed by atoms with Gasteiger partial charge in [0.15, 0.2) is 0 Å². The third-order valence-electron chi connectivity index (χ3n) is 4.82. The van der Waals surface area contributed by atoms with Crippen molar-refractivity contribution in [1.82, 2.24) is 0 Å². The molecule has 0 aromatic heterocycles. The molecule has 0 unspecified atom stereocenters. The predicted octanol–water partition coefficient (Wildman–Crippen LogP) is 4.43. The quantitative estimate of drug-likeness (QED) is 0.822. The SMILES string of the molecule is COc1ccc2c(c1)C(C1(c3ccc(Cl)cc3)CC1)=NCC2. The third-order valence-corrected chi connectivity index (χ3v) is 5.08. The van der Waals surface area contributed by atoms with Gasteiger partial charge in [-0.1, -0.05) is 29.8 Å². The molecule has 0 saturated heterocycles. The van der Waals surface area contributed by atoms with E-state index in [9.17, 15) is 0 Å². The van der Waals surface area contributed by atoms with Gasteiger partial charge in [0.25, 0.3) is 0 Å². The number of nitrogens with zero attached hydrogens (tertiary/aromatic N) is 1. The Balaban J connectivity index is 1.80. The van der Waals surface area contributed by atoms with E-state index in [2.05, 4.69) is 24.3 Å². The van der Waals surface area contributed by atoms with Crippen LogP contribution in [-0.2, 0) is 11.8 Å². The summed E-state index contributed by atoms with van der Waals surface area (Å²) in [4.78, 5) is 4.91. The zero-order valence-corrected chi connectivity index (χ0v) is 13.4. The van der Waals surface area contributed by atoms with E-state index in [1.807, 2.05) is 18.2 Å². The first-order valence-corrected chi connectivity index (χ1v) is 8.09. The van der Waals surface area contributed by atoms with Crippen LogP contribution in [0.3, 0.4) is 0 Å². The molecule has 0 radical (unpaired) electrons. The molecule has 3 heteroatoms. The van der Waals surface area contributed by atoms with Crippen LogP contribution in [0.25, 0.3) is 0 Å². The molecule has 0 spiro atoms. The van der Waals surface area contributed by atoms with E-state index in [1.165, 1.54) is 22.4 Å². The number of halogens is 1. The second-order valence-corrected chi connectivity index (χ2v) is 6.53. The fourth-order valence-corrected chi connectivity index (χ4v) is 3.59. The molecule has 2 aromatic carbocycles. The van der Waals surface area contributed by atoms with Crippen LogP contribution in [0.2, 0.25) is 5.02 Å².